The number of likely N-dealkylation sites (tertiary alicyclic amines) is 1. The molecule has 1 aliphatic heterocycles. The Balaban J connectivity index is 1.52. The van der Waals surface area contributed by atoms with Crippen molar-refractivity contribution in [2.24, 2.45) is 0 Å². The van der Waals surface area contributed by atoms with Gasteiger partial charge in [0.25, 0.3) is 21.8 Å². The molecule has 8 nitrogen and oxygen atoms in total. The normalized spacial score (nSPS) is 13.4. The molecule has 0 atom stereocenters. The van der Waals surface area contributed by atoms with Crippen LogP contribution in [0.2, 0.25) is 0 Å². The van der Waals surface area contributed by atoms with Crippen molar-refractivity contribution in [3.05, 3.63) is 83.9 Å². The van der Waals surface area contributed by atoms with Gasteiger partial charge in [-0.15, -0.1) is 0 Å². The van der Waals surface area contributed by atoms with Crippen molar-refractivity contribution in [1.29, 1.82) is 0 Å². The third-order valence-electron chi connectivity index (χ3n) is 5.95. The lowest BCUT2D eigenvalue weighted by Crippen LogP contribution is -2.27. The van der Waals surface area contributed by atoms with Crippen molar-refractivity contribution in [2.45, 2.75) is 17.7 Å². The van der Waals surface area contributed by atoms with Gasteiger partial charge in [-0.1, -0.05) is 12.1 Å². The zero-order chi connectivity index (χ0) is 25.0. The Morgan fingerprint density at radius 2 is 1.57 bits per heavy atom. The average Bonchev–Trinajstić information content (AvgIpc) is 3.43. The summed E-state index contributed by atoms with van der Waals surface area (Å²) in [5.74, 6) is 0.0811. The molecule has 3 aromatic rings. The van der Waals surface area contributed by atoms with E-state index in [4.69, 9.17) is 4.74 Å². The Bertz CT molecular complexity index is 1330. The molecule has 3 aromatic carbocycles. The number of sulfonamides is 1. The van der Waals surface area contributed by atoms with Gasteiger partial charge in [0.2, 0.25) is 0 Å². The summed E-state index contributed by atoms with van der Waals surface area (Å²) in [6, 6.07) is 19.2. The maximum atomic E-state index is 13.2. The van der Waals surface area contributed by atoms with Crippen molar-refractivity contribution >= 4 is 33.2 Å². The number of rotatable bonds is 7. The number of ether oxygens (including phenoxy) is 1. The number of carbonyl (C=O) groups is 2. The minimum atomic E-state index is -3.91. The summed E-state index contributed by atoms with van der Waals surface area (Å²) in [7, 11) is -0.919. The van der Waals surface area contributed by atoms with Crippen LogP contribution in [-0.2, 0) is 10.0 Å². The predicted octanol–water partition coefficient (Wildman–Crippen LogP) is 4.01. The molecule has 4 rings (SSSR count). The molecule has 2 amide bonds. The zero-order valence-corrected chi connectivity index (χ0v) is 20.4. The molecule has 1 aliphatic rings. The number of methoxy groups -OCH3 is 1. The zero-order valence-electron chi connectivity index (χ0n) is 19.6. The fraction of sp³-hybridized carbons (Fsp3) is 0.231. The Morgan fingerprint density at radius 1 is 0.914 bits per heavy atom. The molecule has 0 aromatic heterocycles. The Hall–Kier alpha value is -3.85. The van der Waals surface area contributed by atoms with Gasteiger partial charge < -0.3 is 15.0 Å². The predicted molar refractivity (Wildman–Crippen MR) is 135 cm³/mol. The molecule has 0 spiro atoms. The Kier molecular flexibility index (Phi) is 7.07. The van der Waals surface area contributed by atoms with E-state index in [1.54, 1.807) is 59.5 Å². The van der Waals surface area contributed by atoms with Crippen LogP contribution in [0.4, 0.5) is 11.4 Å². The number of nitrogens with one attached hydrogen (secondary N) is 1. The van der Waals surface area contributed by atoms with Crippen molar-refractivity contribution in [3.63, 3.8) is 0 Å². The summed E-state index contributed by atoms with van der Waals surface area (Å²) in [5, 5.41) is 2.76. The van der Waals surface area contributed by atoms with Gasteiger partial charge in [-0.05, 0) is 73.5 Å². The summed E-state index contributed by atoms with van der Waals surface area (Å²) in [6.45, 7) is 1.48. The fourth-order valence-corrected chi connectivity index (χ4v) is 5.16. The molecular formula is C26H27N3O5S. The SMILES string of the molecule is COc1ccc(N(C)S(=O)(=O)c2cccc(C(=O)Nc3cccc(C(=O)N4CCCC4)c3)c2)cc1. The smallest absolute Gasteiger partial charge is 0.264 e. The second-order valence-corrected chi connectivity index (χ2v) is 10.2. The summed E-state index contributed by atoms with van der Waals surface area (Å²) in [6.07, 6.45) is 1.99. The number of hydrogen-bond acceptors (Lipinski definition) is 5. The van der Waals surface area contributed by atoms with Crippen molar-refractivity contribution in [2.75, 3.05) is 36.9 Å². The van der Waals surface area contributed by atoms with Crippen LogP contribution in [0.3, 0.4) is 0 Å². The van der Waals surface area contributed by atoms with Gasteiger partial charge in [0, 0.05) is 37.0 Å². The van der Waals surface area contributed by atoms with E-state index in [2.05, 4.69) is 5.32 Å². The fourth-order valence-electron chi connectivity index (χ4n) is 3.92. The highest BCUT2D eigenvalue weighted by Crippen LogP contribution is 2.25. The van der Waals surface area contributed by atoms with Crippen LogP contribution in [0.15, 0.2) is 77.7 Å². The van der Waals surface area contributed by atoms with Crippen molar-refractivity contribution < 1.29 is 22.7 Å². The number of benzene rings is 3. The quantitative estimate of drug-likeness (QED) is 0.537. The molecule has 9 heteroatoms. The van der Waals surface area contributed by atoms with E-state index in [-0.39, 0.29) is 16.4 Å². The third-order valence-corrected chi connectivity index (χ3v) is 7.73. The number of carbonyl (C=O) groups excluding carboxylic acids is 2. The van der Waals surface area contributed by atoms with Crippen molar-refractivity contribution in [1.82, 2.24) is 4.90 Å². The van der Waals surface area contributed by atoms with Gasteiger partial charge in [-0.2, -0.15) is 0 Å². The van der Waals surface area contributed by atoms with Gasteiger partial charge in [0.15, 0.2) is 0 Å². The summed E-state index contributed by atoms with van der Waals surface area (Å²) < 4.78 is 32.6. The largest absolute Gasteiger partial charge is 0.497 e. The highest BCUT2D eigenvalue weighted by Gasteiger charge is 2.23. The standard InChI is InChI=1S/C26H27N3O5S/c1-28(22-11-13-23(34-2)14-12-22)35(32,33)24-10-6-7-19(18-24)25(30)27-21-9-5-8-20(17-21)26(31)29-15-3-4-16-29/h5-14,17-18H,3-4,15-16H2,1-2H3,(H,27,30). The van der Waals surface area contributed by atoms with Gasteiger partial charge in [0.05, 0.1) is 17.7 Å². The average molecular weight is 494 g/mol. The first-order chi connectivity index (χ1) is 16.8. The van der Waals surface area contributed by atoms with Crippen LogP contribution in [0.1, 0.15) is 33.6 Å². The molecule has 1 N–H and O–H groups in total. The monoisotopic (exact) mass is 493 g/mol. The van der Waals surface area contributed by atoms with Crippen LogP contribution >= 0.6 is 0 Å². The van der Waals surface area contributed by atoms with Crippen LogP contribution < -0.4 is 14.4 Å². The lowest BCUT2D eigenvalue weighted by Gasteiger charge is -2.20. The molecule has 1 heterocycles. The maximum absolute atomic E-state index is 13.2. The second-order valence-electron chi connectivity index (χ2n) is 8.23. The lowest BCUT2D eigenvalue weighted by atomic mass is 10.1. The third kappa shape index (κ3) is 5.30. The van der Waals surface area contributed by atoms with Crippen LogP contribution in [0.25, 0.3) is 0 Å². The Morgan fingerprint density at radius 3 is 2.26 bits per heavy atom. The molecule has 0 saturated carbocycles. The molecule has 0 aliphatic carbocycles. The summed E-state index contributed by atoms with van der Waals surface area (Å²) >= 11 is 0. The number of amides is 2. The molecule has 1 saturated heterocycles. The van der Waals surface area contributed by atoms with E-state index in [0.717, 1.165) is 30.2 Å². The van der Waals surface area contributed by atoms with E-state index < -0.39 is 15.9 Å². The molecule has 0 bridgehead atoms. The number of anilines is 2. The maximum Gasteiger partial charge on any atom is 0.264 e. The minimum Gasteiger partial charge on any atom is -0.497 e. The van der Waals surface area contributed by atoms with E-state index in [0.29, 0.717) is 22.7 Å². The highest BCUT2D eigenvalue weighted by atomic mass is 32.2. The van der Waals surface area contributed by atoms with Gasteiger partial charge in [0.1, 0.15) is 5.75 Å². The lowest BCUT2D eigenvalue weighted by molar-refractivity contribution is 0.0792. The summed E-state index contributed by atoms with van der Waals surface area (Å²) in [4.78, 5) is 27.4. The molecule has 182 valence electrons. The topological polar surface area (TPSA) is 96.0 Å². The minimum absolute atomic E-state index is 0.0126. The van der Waals surface area contributed by atoms with Gasteiger partial charge in [-0.3, -0.25) is 13.9 Å². The molecule has 0 radical (unpaired) electrons. The number of nitrogens with zero attached hydrogens (tertiary/aromatic N) is 2. The van der Waals surface area contributed by atoms with Crippen LogP contribution in [0.5, 0.6) is 5.75 Å². The van der Waals surface area contributed by atoms with Gasteiger partial charge >= 0.3 is 0 Å². The van der Waals surface area contributed by atoms with Gasteiger partial charge in [-0.25, -0.2) is 8.42 Å². The molecular weight excluding hydrogens is 466 g/mol. The molecule has 0 unspecified atom stereocenters. The van der Waals surface area contributed by atoms with Crippen LogP contribution in [0, 0.1) is 0 Å². The Labute approximate surface area is 205 Å². The first kappa shape index (κ1) is 24.3. The molecule has 35 heavy (non-hydrogen) atoms. The first-order valence-electron chi connectivity index (χ1n) is 11.2. The van der Waals surface area contributed by atoms with Crippen LogP contribution in [-0.4, -0.2) is 52.4 Å². The van der Waals surface area contributed by atoms with Crippen molar-refractivity contribution in [3.8, 4) is 5.75 Å². The summed E-state index contributed by atoms with van der Waals surface area (Å²) in [5.41, 5.74) is 1.61. The van der Waals surface area contributed by atoms with E-state index in [1.807, 2.05) is 0 Å². The highest BCUT2D eigenvalue weighted by molar-refractivity contribution is 7.92. The van der Waals surface area contributed by atoms with E-state index in [9.17, 15) is 18.0 Å². The van der Waals surface area contributed by atoms with E-state index in [1.165, 1.54) is 32.4 Å². The first-order valence-corrected chi connectivity index (χ1v) is 12.7. The molecule has 1 fully saturated rings. The van der Waals surface area contributed by atoms with E-state index >= 15 is 0 Å². The number of hydrogen-bond donors (Lipinski definition) is 1. The second kappa shape index (κ2) is 10.2.